The molecule has 0 spiro atoms. The van der Waals surface area contributed by atoms with E-state index in [0.717, 1.165) is 11.5 Å². The zero-order valence-electron chi connectivity index (χ0n) is 14.1. The van der Waals surface area contributed by atoms with Gasteiger partial charge >= 0.3 is 6.03 Å². The van der Waals surface area contributed by atoms with Gasteiger partial charge < -0.3 is 19.8 Å². The van der Waals surface area contributed by atoms with Gasteiger partial charge in [0.05, 0.1) is 6.20 Å². The molecular weight excluding hydrogens is 385 g/mol. The van der Waals surface area contributed by atoms with Gasteiger partial charge in [0, 0.05) is 22.9 Å². The molecule has 0 radical (unpaired) electrons. The molecule has 0 aliphatic heterocycles. The van der Waals surface area contributed by atoms with Crippen LogP contribution in [0.5, 0.6) is 10.9 Å². The highest BCUT2D eigenvalue weighted by atomic mass is 32.1. The molecule has 2 aromatic heterocycles. The number of hydrogen-bond acceptors (Lipinski definition) is 7. The van der Waals surface area contributed by atoms with Crippen molar-refractivity contribution in [2.45, 2.75) is 0 Å². The predicted octanol–water partition coefficient (Wildman–Crippen LogP) is 4.77. The van der Waals surface area contributed by atoms with Crippen LogP contribution in [-0.4, -0.2) is 20.4 Å². The summed E-state index contributed by atoms with van der Waals surface area (Å²) in [6.07, 6.45) is 2.95. The van der Waals surface area contributed by atoms with E-state index in [1.807, 2.05) is 0 Å². The topological polar surface area (TPSA) is 102 Å². The normalized spacial score (nSPS) is 10.5. The average Bonchev–Trinajstić information content (AvgIpc) is 3.37. The van der Waals surface area contributed by atoms with E-state index in [-0.39, 0.29) is 5.82 Å². The summed E-state index contributed by atoms with van der Waals surface area (Å²) in [6.45, 7) is 0. The first-order chi connectivity index (χ1) is 13.7. The van der Waals surface area contributed by atoms with E-state index < -0.39 is 6.03 Å². The molecule has 8 nitrogen and oxygen atoms in total. The monoisotopic (exact) mass is 397 g/mol. The number of ether oxygens (including phenoxy) is 1. The molecule has 0 aliphatic carbocycles. The molecule has 4 rings (SSSR count). The smallest absolute Gasteiger partial charge is 0.323 e. The summed E-state index contributed by atoms with van der Waals surface area (Å²) in [6, 6.07) is 11.7. The second-order valence-corrected chi connectivity index (χ2v) is 6.15. The number of aromatic nitrogens is 3. The molecule has 28 heavy (non-hydrogen) atoms. The quantitative estimate of drug-likeness (QED) is 0.503. The molecule has 0 unspecified atom stereocenters. The van der Waals surface area contributed by atoms with Crippen molar-refractivity contribution in [3.8, 4) is 22.7 Å². The fraction of sp³-hybridized carbons (Fsp3) is 0. The van der Waals surface area contributed by atoms with Crippen LogP contribution in [0.15, 0.2) is 65.4 Å². The summed E-state index contributed by atoms with van der Waals surface area (Å²) >= 11 is 1.07. The molecule has 140 valence electrons. The third-order valence-corrected chi connectivity index (χ3v) is 4.05. The number of nitrogens with one attached hydrogen (secondary N) is 2. The Kier molecular flexibility index (Phi) is 4.93. The summed E-state index contributed by atoms with van der Waals surface area (Å²) < 4.78 is 27.8. The first-order valence-electron chi connectivity index (χ1n) is 8.01. The molecule has 4 aromatic rings. The van der Waals surface area contributed by atoms with Crippen LogP contribution in [0.1, 0.15) is 0 Å². The number of nitrogens with zero attached hydrogens (tertiary/aromatic N) is 3. The molecule has 0 fully saturated rings. The Morgan fingerprint density at radius 3 is 2.36 bits per heavy atom. The lowest BCUT2D eigenvalue weighted by Crippen LogP contribution is -2.19. The molecule has 0 saturated carbocycles. The van der Waals surface area contributed by atoms with Gasteiger partial charge in [0.15, 0.2) is 0 Å². The summed E-state index contributed by atoms with van der Waals surface area (Å²) in [5, 5.41) is 5.62. The van der Waals surface area contributed by atoms with Crippen molar-refractivity contribution in [3.63, 3.8) is 0 Å². The molecule has 0 saturated heterocycles. The van der Waals surface area contributed by atoms with Gasteiger partial charge in [-0.15, -0.1) is 0 Å². The Hall–Kier alpha value is -3.79. The van der Waals surface area contributed by atoms with Gasteiger partial charge in [-0.25, -0.2) is 14.2 Å². The molecule has 0 aliphatic rings. The van der Waals surface area contributed by atoms with Crippen LogP contribution in [0, 0.1) is 5.82 Å². The van der Waals surface area contributed by atoms with Crippen molar-refractivity contribution in [1.29, 1.82) is 0 Å². The number of carbonyl (C=O) groups is 1. The summed E-state index contributed by atoms with van der Waals surface area (Å²) in [5.41, 5.74) is 1.04. The Balaban J connectivity index is 1.34. The lowest BCUT2D eigenvalue weighted by molar-refractivity contribution is 0.262. The van der Waals surface area contributed by atoms with Crippen LogP contribution in [0.2, 0.25) is 0 Å². The second-order valence-electron chi connectivity index (χ2n) is 5.43. The van der Waals surface area contributed by atoms with E-state index in [0.29, 0.717) is 34.0 Å². The first-order valence-corrected chi connectivity index (χ1v) is 8.78. The molecular formula is C18H12FN5O3S. The van der Waals surface area contributed by atoms with Crippen molar-refractivity contribution in [3.05, 3.63) is 66.8 Å². The SMILES string of the molecule is O=C(Nc1ccc(F)cc1)Nc1ccc(Oc2nc(-c3ncco3)ns2)cc1. The first kappa shape index (κ1) is 17.6. The Bertz CT molecular complexity index is 1070. The number of amides is 2. The van der Waals surface area contributed by atoms with Crippen molar-refractivity contribution in [1.82, 2.24) is 14.3 Å². The average molecular weight is 397 g/mol. The fourth-order valence-corrected chi connectivity index (χ4v) is 2.75. The van der Waals surface area contributed by atoms with Crippen molar-refractivity contribution in [2.75, 3.05) is 10.6 Å². The maximum atomic E-state index is 12.9. The summed E-state index contributed by atoms with van der Waals surface area (Å²) in [5.74, 6) is 0.822. The number of carbonyl (C=O) groups excluding carboxylic acids is 1. The van der Waals surface area contributed by atoms with Gasteiger partial charge in [-0.1, -0.05) is 0 Å². The minimum absolute atomic E-state index is 0.317. The molecule has 0 atom stereocenters. The molecule has 2 N–H and O–H groups in total. The standard InChI is InChI=1S/C18H12FN5O3S/c19-11-1-3-12(4-2-11)21-17(25)22-13-5-7-14(8-6-13)27-18-23-15(24-28-18)16-20-9-10-26-16/h1-10H,(H2,21,22,25). The van der Waals surface area contributed by atoms with Crippen molar-refractivity contribution >= 4 is 28.9 Å². The fourth-order valence-electron chi connectivity index (χ4n) is 2.21. The van der Waals surface area contributed by atoms with E-state index in [9.17, 15) is 9.18 Å². The number of hydrogen-bond donors (Lipinski definition) is 2. The number of oxazole rings is 1. The van der Waals surface area contributed by atoms with Gasteiger partial charge in [0.25, 0.3) is 11.1 Å². The van der Waals surface area contributed by atoms with E-state index in [2.05, 4.69) is 25.0 Å². The minimum atomic E-state index is -0.444. The van der Waals surface area contributed by atoms with Crippen LogP contribution in [0.25, 0.3) is 11.7 Å². The number of anilines is 2. The van der Waals surface area contributed by atoms with Crippen molar-refractivity contribution in [2.24, 2.45) is 0 Å². The zero-order valence-corrected chi connectivity index (χ0v) is 14.9. The van der Waals surface area contributed by atoms with Gasteiger partial charge in [0.2, 0.25) is 5.82 Å². The molecule has 10 heteroatoms. The summed E-state index contributed by atoms with van der Waals surface area (Å²) in [7, 11) is 0. The van der Waals surface area contributed by atoms with Gasteiger partial charge in [-0.3, -0.25) is 0 Å². The molecule has 0 bridgehead atoms. The third-order valence-electron chi connectivity index (χ3n) is 3.45. The number of benzene rings is 2. The Morgan fingerprint density at radius 2 is 1.71 bits per heavy atom. The lowest BCUT2D eigenvalue weighted by atomic mass is 10.3. The van der Waals surface area contributed by atoms with Crippen LogP contribution >= 0.6 is 11.5 Å². The van der Waals surface area contributed by atoms with E-state index >= 15 is 0 Å². The molecule has 2 amide bonds. The Labute approximate surface area is 162 Å². The van der Waals surface area contributed by atoms with Gasteiger partial charge in [-0.05, 0) is 48.5 Å². The minimum Gasteiger partial charge on any atom is -0.442 e. The van der Waals surface area contributed by atoms with E-state index in [1.54, 1.807) is 24.3 Å². The van der Waals surface area contributed by atoms with E-state index in [1.165, 1.54) is 36.7 Å². The highest BCUT2D eigenvalue weighted by Gasteiger charge is 2.12. The molecule has 2 aromatic carbocycles. The summed E-state index contributed by atoms with van der Waals surface area (Å²) in [4.78, 5) is 20.1. The highest BCUT2D eigenvalue weighted by Crippen LogP contribution is 2.27. The molecule has 2 heterocycles. The maximum absolute atomic E-state index is 12.9. The maximum Gasteiger partial charge on any atom is 0.323 e. The van der Waals surface area contributed by atoms with E-state index in [4.69, 9.17) is 9.15 Å². The van der Waals surface area contributed by atoms with Crippen molar-refractivity contribution < 1.29 is 18.3 Å². The van der Waals surface area contributed by atoms with Gasteiger partial charge in [0.1, 0.15) is 17.8 Å². The highest BCUT2D eigenvalue weighted by molar-refractivity contribution is 7.07. The van der Waals surface area contributed by atoms with Gasteiger partial charge in [-0.2, -0.15) is 9.36 Å². The van der Waals surface area contributed by atoms with Crippen LogP contribution in [0.3, 0.4) is 0 Å². The van der Waals surface area contributed by atoms with Crippen LogP contribution in [-0.2, 0) is 0 Å². The number of halogens is 1. The van der Waals surface area contributed by atoms with Crippen LogP contribution in [0.4, 0.5) is 20.6 Å². The second kappa shape index (κ2) is 7.84. The largest absolute Gasteiger partial charge is 0.442 e. The Morgan fingerprint density at radius 1 is 1.04 bits per heavy atom. The van der Waals surface area contributed by atoms with Crippen LogP contribution < -0.4 is 15.4 Å². The lowest BCUT2D eigenvalue weighted by Gasteiger charge is -2.08. The number of urea groups is 1. The third kappa shape index (κ3) is 4.30. The predicted molar refractivity (Wildman–Crippen MR) is 101 cm³/mol. The number of rotatable bonds is 5. The zero-order chi connectivity index (χ0) is 19.3.